The van der Waals surface area contributed by atoms with Gasteiger partial charge in [-0.2, -0.15) is 13.2 Å². The summed E-state index contributed by atoms with van der Waals surface area (Å²) in [5, 5.41) is 0. The second kappa shape index (κ2) is 3.76. The van der Waals surface area contributed by atoms with Gasteiger partial charge in [-0.05, 0) is 13.3 Å². The van der Waals surface area contributed by atoms with Gasteiger partial charge in [0.1, 0.15) is 5.92 Å². The van der Waals surface area contributed by atoms with Crippen LogP contribution in [0.2, 0.25) is 0 Å². The highest BCUT2D eigenvalue weighted by atomic mass is 19.4. The van der Waals surface area contributed by atoms with Crippen LogP contribution in [0.3, 0.4) is 0 Å². The Balaban J connectivity index is 2.57. The van der Waals surface area contributed by atoms with Gasteiger partial charge in [0.05, 0.1) is 0 Å². The van der Waals surface area contributed by atoms with E-state index in [1.165, 1.54) is 4.90 Å². The van der Waals surface area contributed by atoms with Crippen molar-refractivity contribution in [3.05, 3.63) is 0 Å². The number of alkyl halides is 3. The van der Waals surface area contributed by atoms with Crippen LogP contribution in [0.25, 0.3) is 0 Å². The fourth-order valence-electron chi connectivity index (χ4n) is 1.40. The topological polar surface area (TPSA) is 46.3 Å². The lowest BCUT2D eigenvalue weighted by atomic mass is 10.1. The lowest BCUT2D eigenvalue weighted by Crippen LogP contribution is -2.40. The summed E-state index contributed by atoms with van der Waals surface area (Å²) in [6.45, 7) is 1.45. The van der Waals surface area contributed by atoms with E-state index in [-0.39, 0.29) is 12.6 Å². The van der Waals surface area contributed by atoms with E-state index >= 15 is 0 Å². The van der Waals surface area contributed by atoms with Crippen molar-refractivity contribution >= 4 is 5.91 Å². The van der Waals surface area contributed by atoms with Gasteiger partial charge in [0.15, 0.2) is 0 Å². The fourth-order valence-corrected chi connectivity index (χ4v) is 1.40. The van der Waals surface area contributed by atoms with Gasteiger partial charge in [0, 0.05) is 19.1 Å². The summed E-state index contributed by atoms with van der Waals surface area (Å²) in [6.07, 6.45) is -3.87. The summed E-state index contributed by atoms with van der Waals surface area (Å²) in [5.41, 5.74) is 5.50. The van der Waals surface area contributed by atoms with Gasteiger partial charge >= 0.3 is 6.18 Å². The average molecular weight is 210 g/mol. The Hall–Kier alpha value is -0.780. The average Bonchev–Trinajstić information content (AvgIpc) is 2.47. The molecular formula is C8H13F3N2O. The summed E-state index contributed by atoms with van der Waals surface area (Å²) in [4.78, 5) is 12.5. The number of rotatable bonds is 1. The van der Waals surface area contributed by atoms with Crippen molar-refractivity contribution in [1.82, 2.24) is 4.90 Å². The molecule has 0 aromatic rings. The highest BCUT2D eigenvalue weighted by Gasteiger charge is 2.43. The molecule has 14 heavy (non-hydrogen) atoms. The molecule has 0 aromatic heterocycles. The van der Waals surface area contributed by atoms with Crippen LogP contribution in [-0.4, -0.2) is 36.1 Å². The minimum absolute atomic E-state index is 0.181. The quantitative estimate of drug-likeness (QED) is 0.694. The molecule has 0 radical (unpaired) electrons. The number of amides is 1. The van der Waals surface area contributed by atoms with E-state index in [4.69, 9.17) is 5.73 Å². The number of hydrogen-bond acceptors (Lipinski definition) is 2. The van der Waals surface area contributed by atoms with Crippen LogP contribution in [-0.2, 0) is 4.79 Å². The highest BCUT2D eigenvalue weighted by Crippen LogP contribution is 2.28. The first-order chi connectivity index (χ1) is 6.32. The largest absolute Gasteiger partial charge is 0.400 e. The highest BCUT2D eigenvalue weighted by molar-refractivity contribution is 5.79. The van der Waals surface area contributed by atoms with Gasteiger partial charge in [-0.3, -0.25) is 4.79 Å². The number of nitrogens with zero attached hydrogens (tertiary/aromatic N) is 1. The van der Waals surface area contributed by atoms with Crippen LogP contribution < -0.4 is 5.73 Å². The predicted octanol–water partition coefficient (Wildman–Crippen LogP) is 0.744. The molecule has 1 heterocycles. The molecular weight excluding hydrogens is 197 g/mol. The first-order valence-electron chi connectivity index (χ1n) is 4.43. The third kappa shape index (κ3) is 2.37. The number of carbonyl (C=O) groups excluding carboxylic acids is 1. The number of carbonyl (C=O) groups is 1. The Morgan fingerprint density at radius 3 is 2.50 bits per heavy atom. The molecule has 1 rings (SSSR count). The summed E-state index contributed by atoms with van der Waals surface area (Å²) in [7, 11) is 0. The Kier molecular flexibility index (Phi) is 3.04. The molecule has 1 aliphatic heterocycles. The Labute approximate surface area is 80.0 Å². The van der Waals surface area contributed by atoms with Crippen molar-refractivity contribution in [2.24, 2.45) is 11.7 Å². The molecule has 6 heteroatoms. The Morgan fingerprint density at radius 2 is 2.14 bits per heavy atom. The van der Waals surface area contributed by atoms with Gasteiger partial charge in [-0.25, -0.2) is 0 Å². The SMILES string of the molecule is CC(C(=O)N1CC[C@H](N)C1)C(F)(F)F. The number of halogens is 3. The third-order valence-corrected chi connectivity index (χ3v) is 2.40. The maximum atomic E-state index is 12.2. The molecule has 0 aromatic carbocycles. The molecule has 1 fully saturated rings. The minimum atomic E-state index is -4.45. The van der Waals surface area contributed by atoms with Crippen molar-refractivity contribution in [2.75, 3.05) is 13.1 Å². The molecule has 82 valence electrons. The molecule has 0 aliphatic carbocycles. The van der Waals surface area contributed by atoms with E-state index < -0.39 is 18.0 Å². The van der Waals surface area contributed by atoms with Crippen molar-refractivity contribution in [1.29, 1.82) is 0 Å². The van der Waals surface area contributed by atoms with E-state index in [1.807, 2.05) is 0 Å². The maximum absolute atomic E-state index is 12.2. The number of nitrogens with two attached hydrogens (primary N) is 1. The smallest absolute Gasteiger partial charge is 0.341 e. The van der Waals surface area contributed by atoms with E-state index in [1.54, 1.807) is 0 Å². The minimum Gasteiger partial charge on any atom is -0.341 e. The molecule has 1 saturated heterocycles. The molecule has 2 atom stereocenters. The van der Waals surface area contributed by atoms with E-state index in [2.05, 4.69) is 0 Å². The van der Waals surface area contributed by atoms with Crippen molar-refractivity contribution in [3.63, 3.8) is 0 Å². The van der Waals surface area contributed by atoms with Crippen LogP contribution in [0.1, 0.15) is 13.3 Å². The van der Waals surface area contributed by atoms with Crippen molar-refractivity contribution < 1.29 is 18.0 Å². The Bertz CT molecular complexity index is 229. The molecule has 2 N–H and O–H groups in total. The van der Waals surface area contributed by atoms with Crippen LogP contribution >= 0.6 is 0 Å². The molecule has 0 saturated carbocycles. The fraction of sp³-hybridized carbons (Fsp3) is 0.875. The van der Waals surface area contributed by atoms with Crippen LogP contribution in [0, 0.1) is 5.92 Å². The molecule has 1 unspecified atom stereocenters. The first-order valence-corrected chi connectivity index (χ1v) is 4.43. The predicted molar refractivity (Wildman–Crippen MR) is 44.4 cm³/mol. The first kappa shape index (κ1) is 11.3. The van der Waals surface area contributed by atoms with Gasteiger partial charge in [0.2, 0.25) is 5.91 Å². The number of hydrogen-bond donors (Lipinski definition) is 1. The standard InChI is InChI=1S/C8H13F3N2O/c1-5(8(9,10)11)7(14)13-3-2-6(12)4-13/h5-6H,2-4,12H2,1H3/t5?,6-/m0/s1. The lowest BCUT2D eigenvalue weighted by Gasteiger charge is -2.22. The van der Waals surface area contributed by atoms with E-state index in [9.17, 15) is 18.0 Å². The molecule has 1 aliphatic rings. The number of likely N-dealkylation sites (tertiary alicyclic amines) is 1. The third-order valence-electron chi connectivity index (χ3n) is 2.40. The molecule has 1 amide bonds. The van der Waals surface area contributed by atoms with E-state index in [0.717, 1.165) is 6.92 Å². The second-order valence-electron chi connectivity index (χ2n) is 3.60. The van der Waals surface area contributed by atoms with Gasteiger partial charge < -0.3 is 10.6 Å². The lowest BCUT2D eigenvalue weighted by molar-refractivity contribution is -0.184. The zero-order valence-electron chi connectivity index (χ0n) is 7.84. The van der Waals surface area contributed by atoms with Gasteiger partial charge in [-0.1, -0.05) is 0 Å². The van der Waals surface area contributed by atoms with Crippen LogP contribution in [0.5, 0.6) is 0 Å². The second-order valence-corrected chi connectivity index (χ2v) is 3.60. The summed E-state index contributed by atoms with van der Waals surface area (Å²) >= 11 is 0. The molecule has 0 spiro atoms. The Morgan fingerprint density at radius 1 is 1.57 bits per heavy atom. The molecule has 3 nitrogen and oxygen atoms in total. The monoisotopic (exact) mass is 210 g/mol. The summed E-state index contributed by atoms with van der Waals surface area (Å²) < 4.78 is 36.5. The zero-order valence-corrected chi connectivity index (χ0v) is 7.84. The van der Waals surface area contributed by atoms with Crippen LogP contribution in [0.15, 0.2) is 0 Å². The summed E-state index contributed by atoms with van der Waals surface area (Å²) in [6, 6.07) is -0.181. The summed E-state index contributed by atoms with van der Waals surface area (Å²) in [5.74, 6) is -2.79. The van der Waals surface area contributed by atoms with Crippen molar-refractivity contribution in [3.8, 4) is 0 Å². The van der Waals surface area contributed by atoms with E-state index in [0.29, 0.717) is 13.0 Å². The zero-order chi connectivity index (χ0) is 10.9. The van der Waals surface area contributed by atoms with Gasteiger partial charge in [-0.15, -0.1) is 0 Å². The van der Waals surface area contributed by atoms with Crippen molar-refractivity contribution in [2.45, 2.75) is 25.6 Å². The molecule has 0 bridgehead atoms. The normalized spacial score (nSPS) is 25.2. The van der Waals surface area contributed by atoms with Gasteiger partial charge in [0.25, 0.3) is 0 Å². The maximum Gasteiger partial charge on any atom is 0.400 e. The van der Waals surface area contributed by atoms with Crippen LogP contribution in [0.4, 0.5) is 13.2 Å².